The molecule has 13 nitrogen and oxygen atoms in total. The highest BCUT2D eigenvalue weighted by molar-refractivity contribution is 5.90. The second-order valence-corrected chi connectivity index (χ2v) is 16.1. The summed E-state index contributed by atoms with van der Waals surface area (Å²) in [7, 11) is 1.80. The number of piperidine rings is 1. The van der Waals surface area contributed by atoms with Gasteiger partial charge < -0.3 is 33.6 Å². The highest BCUT2D eigenvalue weighted by Crippen LogP contribution is 2.85. The molecule has 10 rings (SSSR count). The van der Waals surface area contributed by atoms with Crippen molar-refractivity contribution in [1.82, 2.24) is 4.90 Å². The summed E-state index contributed by atoms with van der Waals surface area (Å²) in [5.74, 6) is -6.72. The van der Waals surface area contributed by atoms with Crippen LogP contribution in [-0.2, 0) is 42.9 Å². The SMILES string of the molecule is C=C1CC23C(O)C4C5C(C)(C=O)C(OC(C)=O)C(OC(=O)c6ccccc6)C(OC(C)=O)C56C(C2C(OC(=O)c2ccccc2)C1C(OC(C)=O)C36)N4C. The third-order valence-electron chi connectivity index (χ3n) is 13.7. The van der Waals surface area contributed by atoms with E-state index in [0.717, 1.165) is 0 Å². The van der Waals surface area contributed by atoms with E-state index in [9.17, 15) is 33.9 Å². The van der Waals surface area contributed by atoms with Crippen molar-refractivity contribution in [3.63, 3.8) is 0 Å². The normalized spacial score (nSPS) is 42.1. The molecule has 15 unspecified atom stereocenters. The molecule has 54 heavy (non-hydrogen) atoms. The highest BCUT2D eigenvalue weighted by atomic mass is 16.6. The first-order valence-electron chi connectivity index (χ1n) is 18.2. The maximum atomic E-state index is 14.0. The molecule has 13 heteroatoms. The van der Waals surface area contributed by atoms with E-state index >= 15 is 0 Å². The van der Waals surface area contributed by atoms with Crippen LogP contribution in [-0.4, -0.2) is 102 Å². The minimum atomic E-state index is -1.66. The topological polar surface area (TPSA) is 172 Å². The molecule has 6 saturated carbocycles. The molecule has 15 atom stereocenters. The third kappa shape index (κ3) is 4.51. The monoisotopic (exact) mass is 741 g/mol. The average Bonchev–Trinajstić information content (AvgIpc) is 3.46. The number of esters is 5. The number of rotatable bonds is 8. The van der Waals surface area contributed by atoms with Crippen LogP contribution in [0.1, 0.15) is 54.8 Å². The number of ether oxygens (including phenoxy) is 5. The number of nitrogens with zero attached hydrogens (tertiary/aromatic N) is 1. The summed E-state index contributed by atoms with van der Waals surface area (Å²) in [6.07, 6.45) is -6.72. The zero-order chi connectivity index (χ0) is 38.6. The lowest BCUT2D eigenvalue weighted by atomic mass is 9.37. The predicted molar refractivity (Wildman–Crippen MR) is 186 cm³/mol. The van der Waals surface area contributed by atoms with Gasteiger partial charge >= 0.3 is 29.8 Å². The van der Waals surface area contributed by atoms with Crippen LogP contribution < -0.4 is 0 Å². The minimum Gasteiger partial charge on any atom is -0.461 e. The number of benzene rings is 2. The van der Waals surface area contributed by atoms with E-state index in [1.807, 2.05) is 4.90 Å². The Hall–Kier alpha value is -4.88. The Balaban J connectivity index is 1.39. The van der Waals surface area contributed by atoms with Gasteiger partial charge in [-0.25, -0.2) is 9.59 Å². The van der Waals surface area contributed by atoms with Crippen LogP contribution in [0, 0.1) is 39.9 Å². The van der Waals surface area contributed by atoms with Crippen LogP contribution in [0.5, 0.6) is 0 Å². The van der Waals surface area contributed by atoms with Crippen molar-refractivity contribution in [3.05, 3.63) is 83.9 Å². The molecule has 2 saturated heterocycles. The summed E-state index contributed by atoms with van der Waals surface area (Å²) in [4.78, 5) is 83.0. The van der Waals surface area contributed by atoms with Gasteiger partial charge in [0.05, 0.1) is 28.6 Å². The molecule has 8 aliphatic rings. The molecular formula is C41H43NO12. The molecule has 2 spiro atoms. The summed E-state index contributed by atoms with van der Waals surface area (Å²) < 4.78 is 31.3. The number of hydrogen-bond donors (Lipinski definition) is 1. The van der Waals surface area contributed by atoms with E-state index in [4.69, 9.17) is 23.7 Å². The predicted octanol–water partition coefficient (Wildman–Crippen LogP) is 2.93. The Morgan fingerprint density at radius 1 is 0.759 bits per heavy atom. The van der Waals surface area contributed by atoms with Crippen LogP contribution in [0.2, 0.25) is 0 Å². The number of carbonyl (C=O) groups is 6. The smallest absolute Gasteiger partial charge is 0.338 e. The van der Waals surface area contributed by atoms with Gasteiger partial charge in [-0.3, -0.25) is 19.3 Å². The average molecular weight is 742 g/mol. The van der Waals surface area contributed by atoms with Crippen molar-refractivity contribution in [2.24, 2.45) is 39.9 Å². The van der Waals surface area contributed by atoms with Gasteiger partial charge in [-0.05, 0) is 44.7 Å². The van der Waals surface area contributed by atoms with E-state index in [1.54, 1.807) is 74.6 Å². The summed E-state index contributed by atoms with van der Waals surface area (Å²) in [6, 6.07) is 15.1. The second-order valence-electron chi connectivity index (χ2n) is 16.1. The van der Waals surface area contributed by atoms with Crippen LogP contribution >= 0.6 is 0 Å². The number of likely N-dealkylation sites (N-methyl/N-ethyl adjacent to an activating group) is 1. The van der Waals surface area contributed by atoms with Gasteiger partial charge in [-0.1, -0.05) is 48.6 Å². The number of carbonyl (C=O) groups excluding carboxylic acids is 6. The standard InChI is InChI=1S/C41H43NO12/c1-19-17-40-26-28(53-37(48)23-13-9-7-10-14-23)25(19)29(50-20(2)44)32(40)41-31(27(34(40)47)42(6)33(26)41)39(5,18-43)35(51-21(3)45)30(36(41)52-22(4)46)54-38(49)24-15-11-8-12-16-24/h7-16,18,25-36,47H,1,17H2,2-6H3. The van der Waals surface area contributed by atoms with Crippen LogP contribution in [0.25, 0.3) is 0 Å². The van der Waals surface area contributed by atoms with Gasteiger partial charge in [0.25, 0.3) is 0 Å². The van der Waals surface area contributed by atoms with Gasteiger partial charge in [-0.2, -0.15) is 0 Å². The van der Waals surface area contributed by atoms with E-state index in [1.165, 1.54) is 20.8 Å². The van der Waals surface area contributed by atoms with E-state index in [2.05, 4.69) is 6.58 Å². The summed E-state index contributed by atoms with van der Waals surface area (Å²) in [6.45, 7) is 9.63. The first-order valence-corrected chi connectivity index (χ1v) is 18.2. The first-order chi connectivity index (χ1) is 25.7. The second kappa shape index (κ2) is 12.3. The van der Waals surface area contributed by atoms with Crippen molar-refractivity contribution >= 4 is 36.1 Å². The Morgan fingerprint density at radius 2 is 1.28 bits per heavy atom. The van der Waals surface area contributed by atoms with E-state index < -0.39 is 118 Å². The largest absolute Gasteiger partial charge is 0.461 e. The molecule has 8 fully saturated rings. The highest BCUT2D eigenvalue weighted by Gasteiger charge is 2.95. The zero-order valence-corrected chi connectivity index (χ0v) is 30.6. The maximum absolute atomic E-state index is 14.0. The molecule has 0 aromatic heterocycles. The van der Waals surface area contributed by atoms with Gasteiger partial charge in [0.15, 0.2) is 18.3 Å². The molecule has 2 aromatic rings. The van der Waals surface area contributed by atoms with Gasteiger partial charge in [-0.15, -0.1) is 0 Å². The first kappa shape index (κ1) is 36.1. The molecular weight excluding hydrogens is 698 g/mol. The Morgan fingerprint density at radius 3 is 1.80 bits per heavy atom. The number of fused-ring (bicyclic) bond motifs is 1. The van der Waals surface area contributed by atoms with Crippen molar-refractivity contribution in [2.45, 2.75) is 82.8 Å². The Kier molecular flexibility index (Phi) is 8.24. The van der Waals surface area contributed by atoms with Gasteiger partial charge in [0.1, 0.15) is 18.5 Å². The van der Waals surface area contributed by atoms with Crippen LogP contribution in [0.15, 0.2) is 72.8 Å². The quantitative estimate of drug-likeness (QED) is 0.181. The Labute approximate surface area is 311 Å². The summed E-state index contributed by atoms with van der Waals surface area (Å²) >= 11 is 0. The number of aliphatic hydroxyl groups is 1. The van der Waals surface area contributed by atoms with Crippen molar-refractivity contribution in [2.75, 3.05) is 7.05 Å². The van der Waals surface area contributed by atoms with Crippen molar-refractivity contribution in [3.8, 4) is 0 Å². The minimum absolute atomic E-state index is 0.163. The maximum Gasteiger partial charge on any atom is 0.338 e. The molecule has 1 N–H and O–H groups in total. The molecule has 2 aliphatic heterocycles. The van der Waals surface area contributed by atoms with E-state index in [-0.39, 0.29) is 12.0 Å². The van der Waals surface area contributed by atoms with Crippen LogP contribution in [0.3, 0.4) is 0 Å². The molecule has 2 aromatic carbocycles. The Bertz CT molecular complexity index is 1950. The summed E-state index contributed by atoms with van der Waals surface area (Å²) in [5.41, 5.74) is -3.13. The number of aliphatic hydroxyl groups excluding tert-OH is 1. The lowest BCUT2D eigenvalue weighted by Gasteiger charge is -2.70. The fraction of sp³-hybridized carbons (Fsp3) is 0.512. The molecule has 6 aliphatic carbocycles. The fourth-order valence-corrected chi connectivity index (χ4v) is 12.7. The van der Waals surface area contributed by atoms with Crippen LogP contribution in [0.4, 0.5) is 0 Å². The zero-order valence-electron chi connectivity index (χ0n) is 30.6. The molecule has 7 bridgehead atoms. The van der Waals surface area contributed by atoms with E-state index in [0.29, 0.717) is 17.4 Å². The lowest BCUT2D eigenvalue weighted by molar-refractivity contribution is -0.301. The van der Waals surface area contributed by atoms with Crippen molar-refractivity contribution < 1.29 is 57.6 Å². The third-order valence-corrected chi connectivity index (χ3v) is 13.7. The number of hydrogen-bond acceptors (Lipinski definition) is 13. The lowest BCUT2D eigenvalue weighted by Crippen LogP contribution is -2.79. The molecule has 2 heterocycles. The van der Waals surface area contributed by atoms with Crippen molar-refractivity contribution in [1.29, 1.82) is 0 Å². The molecule has 284 valence electrons. The number of aldehydes is 1. The van der Waals surface area contributed by atoms with Gasteiger partial charge in [0.2, 0.25) is 0 Å². The van der Waals surface area contributed by atoms with Gasteiger partial charge in [0, 0.05) is 61.4 Å². The molecule has 0 radical (unpaired) electrons. The molecule has 0 amide bonds. The summed E-state index contributed by atoms with van der Waals surface area (Å²) in [5, 5.41) is 12.9. The fourth-order valence-electron chi connectivity index (χ4n) is 12.7.